The zero-order valence-corrected chi connectivity index (χ0v) is 10.2. The zero-order valence-electron chi connectivity index (χ0n) is 10.2. The van der Waals surface area contributed by atoms with E-state index in [4.69, 9.17) is 0 Å². The Morgan fingerprint density at radius 2 is 1.89 bits per heavy atom. The minimum absolute atomic E-state index is 0.134. The third kappa shape index (κ3) is 2.02. The molecule has 0 aliphatic carbocycles. The molecule has 2 aromatic rings. The van der Waals surface area contributed by atoms with Gasteiger partial charge in [0.25, 0.3) is 0 Å². The largest absolute Gasteiger partial charge is 0.335 e. The summed E-state index contributed by atoms with van der Waals surface area (Å²) in [6.45, 7) is 1.55. The molecule has 0 aromatic heterocycles. The summed E-state index contributed by atoms with van der Waals surface area (Å²) in [5, 5.41) is 2.56. The van der Waals surface area contributed by atoms with Crippen molar-refractivity contribution in [2.24, 2.45) is 0 Å². The van der Waals surface area contributed by atoms with E-state index < -0.39 is 0 Å². The summed E-state index contributed by atoms with van der Waals surface area (Å²) in [7, 11) is 0. The van der Waals surface area contributed by atoms with Gasteiger partial charge in [0, 0.05) is 19.2 Å². The molecule has 3 rings (SSSR count). The molecule has 1 aliphatic rings. The van der Waals surface area contributed by atoms with Crippen LogP contribution < -0.4 is 0 Å². The number of rotatable bonds is 3. The first-order chi connectivity index (χ1) is 8.84. The number of amides is 1. The third-order valence-electron chi connectivity index (χ3n) is 3.43. The van der Waals surface area contributed by atoms with Crippen molar-refractivity contribution in [3.8, 4) is 0 Å². The summed E-state index contributed by atoms with van der Waals surface area (Å²) in [5.74, 6) is 0.134. The Balaban J connectivity index is 1.80. The lowest BCUT2D eigenvalue weighted by Crippen LogP contribution is -2.27. The van der Waals surface area contributed by atoms with Crippen molar-refractivity contribution in [3.05, 3.63) is 60.2 Å². The predicted molar refractivity (Wildman–Crippen MR) is 73.4 cm³/mol. The molecule has 0 N–H and O–H groups in total. The first-order valence-corrected chi connectivity index (χ1v) is 6.27. The molecule has 2 heteroatoms. The fourth-order valence-electron chi connectivity index (χ4n) is 2.44. The highest BCUT2D eigenvalue weighted by Gasteiger charge is 2.14. The monoisotopic (exact) mass is 237 g/mol. The van der Waals surface area contributed by atoms with Crippen LogP contribution in [-0.2, 0) is 11.2 Å². The van der Waals surface area contributed by atoms with E-state index in [1.54, 1.807) is 6.08 Å². The molecule has 0 saturated carbocycles. The maximum Gasteiger partial charge on any atom is 0.246 e. The van der Waals surface area contributed by atoms with Crippen molar-refractivity contribution in [1.29, 1.82) is 0 Å². The summed E-state index contributed by atoms with van der Waals surface area (Å²) < 4.78 is 0. The molecule has 0 bridgehead atoms. The molecule has 0 spiro atoms. The van der Waals surface area contributed by atoms with Crippen LogP contribution in [0.5, 0.6) is 0 Å². The summed E-state index contributed by atoms with van der Waals surface area (Å²) >= 11 is 0. The number of hydrogen-bond donors (Lipinski definition) is 0. The lowest BCUT2D eigenvalue weighted by molar-refractivity contribution is -0.124. The lowest BCUT2D eigenvalue weighted by Gasteiger charge is -2.16. The fraction of sp³-hybridized carbons (Fsp3) is 0.188. The average Bonchev–Trinajstić information content (AvgIpc) is 2.82. The molecule has 0 saturated heterocycles. The first-order valence-electron chi connectivity index (χ1n) is 6.27. The molecule has 90 valence electrons. The van der Waals surface area contributed by atoms with E-state index in [2.05, 4.69) is 42.5 Å². The molecule has 18 heavy (non-hydrogen) atoms. The molecule has 1 amide bonds. The maximum absolute atomic E-state index is 11.5. The summed E-state index contributed by atoms with van der Waals surface area (Å²) in [6.07, 6.45) is 4.49. The van der Waals surface area contributed by atoms with Gasteiger partial charge in [-0.2, -0.15) is 0 Å². The second kappa shape index (κ2) is 4.65. The van der Waals surface area contributed by atoms with Crippen molar-refractivity contribution in [2.75, 3.05) is 13.1 Å². The van der Waals surface area contributed by atoms with Gasteiger partial charge >= 0.3 is 0 Å². The van der Waals surface area contributed by atoms with Crippen molar-refractivity contribution >= 4 is 16.7 Å². The average molecular weight is 237 g/mol. The molecule has 2 nitrogen and oxygen atoms in total. The van der Waals surface area contributed by atoms with Gasteiger partial charge in [-0.1, -0.05) is 48.5 Å². The van der Waals surface area contributed by atoms with Crippen molar-refractivity contribution in [3.63, 3.8) is 0 Å². The van der Waals surface area contributed by atoms with Crippen molar-refractivity contribution < 1.29 is 4.79 Å². The predicted octanol–water partition coefficient (Wildman–Crippen LogP) is 2.78. The van der Waals surface area contributed by atoms with E-state index in [-0.39, 0.29) is 5.91 Å². The fourth-order valence-corrected chi connectivity index (χ4v) is 2.44. The Morgan fingerprint density at radius 3 is 2.72 bits per heavy atom. The SMILES string of the molecule is O=C1C=CCN1CCc1cccc2ccccc12. The molecule has 0 fully saturated rings. The minimum Gasteiger partial charge on any atom is -0.335 e. The number of benzene rings is 2. The summed E-state index contributed by atoms with van der Waals surface area (Å²) in [6, 6.07) is 14.8. The Kier molecular flexibility index (Phi) is 2.85. The molecular weight excluding hydrogens is 222 g/mol. The third-order valence-corrected chi connectivity index (χ3v) is 3.43. The van der Waals surface area contributed by atoms with Gasteiger partial charge in [0.2, 0.25) is 5.91 Å². The highest BCUT2D eigenvalue weighted by Crippen LogP contribution is 2.19. The minimum atomic E-state index is 0.134. The van der Waals surface area contributed by atoms with E-state index in [9.17, 15) is 4.79 Å². The Labute approximate surface area is 107 Å². The topological polar surface area (TPSA) is 20.3 Å². The zero-order chi connectivity index (χ0) is 12.4. The molecule has 2 aromatic carbocycles. The van der Waals surface area contributed by atoms with Crippen LogP contribution in [0, 0.1) is 0 Å². The second-order valence-corrected chi connectivity index (χ2v) is 4.57. The van der Waals surface area contributed by atoms with Crippen LogP contribution in [0.2, 0.25) is 0 Å². The van der Waals surface area contributed by atoms with Crippen LogP contribution >= 0.6 is 0 Å². The Hall–Kier alpha value is -2.09. The van der Waals surface area contributed by atoms with Crippen LogP contribution in [0.3, 0.4) is 0 Å². The van der Waals surface area contributed by atoms with Gasteiger partial charge in [0.05, 0.1) is 0 Å². The molecule has 0 atom stereocenters. The van der Waals surface area contributed by atoms with Crippen LogP contribution in [0.15, 0.2) is 54.6 Å². The van der Waals surface area contributed by atoms with E-state index in [0.717, 1.165) is 19.5 Å². The highest BCUT2D eigenvalue weighted by molar-refractivity contribution is 5.90. The quantitative estimate of drug-likeness (QED) is 0.803. The number of nitrogens with zero attached hydrogens (tertiary/aromatic N) is 1. The first kappa shape index (κ1) is 11.0. The lowest BCUT2D eigenvalue weighted by atomic mass is 10.0. The number of carbonyl (C=O) groups is 1. The molecule has 1 heterocycles. The van der Waals surface area contributed by atoms with Gasteiger partial charge in [-0.15, -0.1) is 0 Å². The Bertz CT molecular complexity index is 610. The van der Waals surface area contributed by atoms with E-state index in [1.807, 2.05) is 11.0 Å². The normalized spacial score (nSPS) is 14.7. The molecule has 0 radical (unpaired) electrons. The molecular formula is C16H15NO. The Morgan fingerprint density at radius 1 is 1.06 bits per heavy atom. The molecule has 1 aliphatic heterocycles. The van der Waals surface area contributed by atoms with Gasteiger partial charge in [0.15, 0.2) is 0 Å². The van der Waals surface area contributed by atoms with Gasteiger partial charge in [-0.3, -0.25) is 4.79 Å². The van der Waals surface area contributed by atoms with E-state index in [1.165, 1.54) is 16.3 Å². The molecule has 0 unspecified atom stereocenters. The van der Waals surface area contributed by atoms with Gasteiger partial charge in [0.1, 0.15) is 0 Å². The van der Waals surface area contributed by atoms with Crippen LogP contribution in [0.1, 0.15) is 5.56 Å². The van der Waals surface area contributed by atoms with Gasteiger partial charge < -0.3 is 4.90 Å². The van der Waals surface area contributed by atoms with Gasteiger partial charge in [-0.05, 0) is 22.8 Å². The second-order valence-electron chi connectivity index (χ2n) is 4.57. The van der Waals surface area contributed by atoms with Gasteiger partial charge in [-0.25, -0.2) is 0 Å². The maximum atomic E-state index is 11.5. The number of hydrogen-bond acceptors (Lipinski definition) is 1. The van der Waals surface area contributed by atoms with Crippen molar-refractivity contribution in [1.82, 2.24) is 4.90 Å². The standard InChI is InChI=1S/C16H15NO/c18-16-9-4-11-17(16)12-10-14-7-3-6-13-5-1-2-8-15(13)14/h1-9H,10-12H2. The van der Waals surface area contributed by atoms with E-state index >= 15 is 0 Å². The summed E-state index contributed by atoms with van der Waals surface area (Å²) in [5.41, 5.74) is 1.31. The van der Waals surface area contributed by atoms with E-state index in [0.29, 0.717) is 0 Å². The highest BCUT2D eigenvalue weighted by atomic mass is 16.2. The number of carbonyl (C=O) groups excluding carboxylic acids is 1. The van der Waals surface area contributed by atoms with Crippen LogP contribution in [0.4, 0.5) is 0 Å². The van der Waals surface area contributed by atoms with Crippen LogP contribution in [-0.4, -0.2) is 23.9 Å². The smallest absolute Gasteiger partial charge is 0.246 e. The van der Waals surface area contributed by atoms with Crippen LogP contribution in [0.25, 0.3) is 10.8 Å². The number of fused-ring (bicyclic) bond motifs is 1. The van der Waals surface area contributed by atoms with Crippen molar-refractivity contribution in [2.45, 2.75) is 6.42 Å². The summed E-state index contributed by atoms with van der Waals surface area (Å²) in [4.78, 5) is 13.4.